The number of carbonyl (C=O) groups is 1. The minimum absolute atomic E-state index is 0.219. The third-order valence-electron chi connectivity index (χ3n) is 5.37. The van der Waals surface area contributed by atoms with E-state index in [2.05, 4.69) is 27.2 Å². The third-order valence-corrected chi connectivity index (χ3v) is 5.37. The summed E-state index contributed by atoms with van der Waals surface area (Å²) in [6.45, 7) is 4.02. The lowest BCUT2D eigenvalue weighted by molar-refractivity contribution is -0.141. The molecular weight excluding hydrogens is 302 g/mol. The molecule has 0 unspecified atom stereocenters. The maximum atomic E-state index is 13.2. The van der Waals surface area contributed by atoms with Crippen molar-refractivity contribution in [1.29, 1.82) is 0 Å². The average Bonchev–Trinajstić information content (AvgIpc) is 3.10. The van der Waals surface area contributed by atoms with E-state index in [0.717, 1.165) is 42.9 Å². The van der Waals surface area contributed by atoms with Gasteiger partial charge in [0.25, 0.3) is 0 Å². The van der Waals surface area contributed by atoms with Gasteiger partial charge in [-0.05, 0) is 19.2 Å². The van der Waals surface area contributed by atoms with Crippen molar-refractivity contribution in [2.75, 3.05) is 40.3 Å². The molecule has 0 spiro atoms. The van der Waals surface area contributed by atoms with Crippen molar-refractivity contribution in [3.8, 4) is 0 Å². The van der Waals surface area contributed by atoms with E-state index in [-0.39, 0.29) is 11.3 Å². The minimum atomic E-state index is -0.284. The lowest BCUT2D eigenvalue weighted by Crippen LogP contribution is -2.47. The summed E-state index contributed by atoms with van der Waals surface area (Å²) in [5.74, 6) is 0.622. The van der Waals surface area contributed by atoms with E-state index < -0.39 is 0 Å². The summed E-state index contributed by atoms with van der Waals surface area (Å²) in [5, 5.41) is 3.41. The van der Waals surface area contributed by atoms with Crippen molar-refractivity contribution in [2.45, 2.75) is 6.54 Å². The molecule has 0 radical (unpaired) electrons. The zero-order valence-electron chi connectivity index (χ0n) is 14.2. The first-order valence-corrected chi connectivity index (χ1v) is 8.44. The molecule has 2 aliphatic rings. The summed E-state index contributed by atoms with van der Waals surface area (Å²) < 4.78 is 0. The van der Waals surface area contributed by atoms with Gasteiger partial charge in [0.1, 0.15) is 0 Å². The Hall–Kier alpha value is -2.05. The topological polar surface area (TPSA) is 61.4 Å². The van der Waals surface area contributed by atoms with Crippen molar-refractivity contribution < 1.29 is 4.79 Å². The minimum Gasteiger partial charge on any atom is -0.339 e. The second-order valence-electron chi connectivity index (χ2n) is 7.19. The lowest BCUT2D eigenvalue weighted by Gasteiger charge is -2.31. The maximum absolute atomic E-state index is 13.2. The highest BCUT2D eigenvalue weighted by Crippen LogP contribution is 2.39. The Morgan fingerprint density at radius 3 is 3.04 bits per heavy atom. The molecule has 1 N–H and O–H groups in total. The number of rotatable bonds is 3. The molecule has 1 aromatic carbocycles. The largest absolute Gasteiger partial charge is 0.339 e. The van der Waals surface area contributed by atoms with Crippen LogP contribution in [0.2, 0.25) is 0 Å². The fourth-order valence-electron chi connectivity index (χ4n) is 4.24. The molecule has 0 bridgehead atoms. The maximum Gasteiger partial charge on any atom is 0.231 e. The van der Waals surface area contributed by atoms with Gasteiger partial charge in [0, 0.05) is 39.1 Å². The highest BCUT2D eigenvalue weighted by molar-refractivity contribution is 5.84. The van der Waals surface area contributed by atoms with Crippen LogP contribution in [-0.2, 0) is 11.3 Å². The van der Waals surface area contributed by atoms with Crippen molar-refractivity contribution in [3.05, 3.63) is 36.2 Å². The fourth-order valence-corrected chi connectivity index (χ4v) is 4.24. The Morgan fingerprint density at radius 1 is 1.42 bits per heavy atom. The molecular formula is C18H23N5O. The molecule has 2 fully saturated rings. The van der Waals surface area contributed by atoms with Crippen molar-refractivity contribution in [3.63, 3.8) is 0 Å². The zero-order valence-corrected chi connectivity index (χ0v) is 14.2. The molecule has 1 aromatic heterocycles. The number of benzene rings is 1. The van der Waals surface area contributed by atoms with Gasteiger partial charge in [0.15, 0.2) is 0 Å². The Morgan fingerprint density at radius 2 is 2.21 bits per heavy atom. The number of aromatic nitrogens is 2. The Labute approximate surface area is 141 Å². The van der Waals surface area contributed by atoms with Crippen LogP contribution in [0.15, 0.2) is 30.5 Å². The molecule has 2 aliphatic heterocycles. The lowest BCUT2D eigenvalue weighted by atomic mass is 9.79. The van der Waals surface area contributed by atoms with Gasteiger partial charge in [0.2, 0.25) is 5.91 Å². The summed E-state index contributed by atoms with van der Waals surface area (Å²) in [7, 11) is 3.98. The van der Waals surface area contributed by atoms with Crippen LogP contribution in [-0.4, -0.2) is 65.9 Å². The van der Waals surface area contributed by atoms with Gasteiger partial charge in [-0.1, -0.05) is 12.1 Å². The van der Waals surface area contributed by atoms with Crippen LogP contribution in [0.4, 0.5) is 0 Å². The van der Waals surface area contributed by atoms with E-state index in [1.54, 1.807) is 6.20 Å². The molecule has 2 saturated heterocycles. The van der Waals surface area contributed by atoms with E-state index in [0.29, 0.717) is 12.5 Å². The Kier molecular flexibility index (Phi) is 3.73. The van der Waals surface area contributed by atoms with E-state index >= 15 is 0 Å². The quantitative estimate of drug-likeness (QED) is 0.902. The smallest absolute Gasteiger partial charge is 0.231 e. The van der Waals surface area contributed by atoms with Crippen molar-refractivity contribution in [2.24, 2.45) is 11.3 Å². The molecule has 6 heteroatoms. The Balaban J connectivity index is 1.54. The Bertz CT molecular complexity index is 779. The van der Waals surface area contributed by atoms with E-state index in [1.807, 2.05) is 36.2 Å². The number of fused-ring (bicyclic) bond motifs is 2. The molecule has 0 saturated carbocycles. The number of hydrogen-bond donors (Lipinski definition) is 1. The van der Waals surface area contributed by atoms with Gasteiger partial charge >= 0.3 is 0 Å². The SMILES string of the molecule is CN1C[C@@H]2CNC[C@]2(C(=O)N(C)Cc2cnc3ccccc3n2)C1. The normalized spacial score (nSPS) is 26.7. The van der Waals surface area contributed by atoms with E-state index in [1.165, 1.54) is 0 Å². The van der Waals surface area contributed by atoms with Gasteiger partial charge in [-0.15, -0.1) is 0 Å². The van der Waals surface area contributed by atoms with E-state index in [4.69, 9.17) is 0 Å². The first-order valence-electron chi connectivity index (χ1n) is 8.44. The molecule has 2 atom stereocenters. The average molecular weight is 325 g/mol. The summed E-state index contributed by atoms with van der Waals surface area (Å²) in [6.07, 6.45) is 1.77. The zero-order chi connectivity index (χ0) is 16.7. The van der Waals surface area contributed by atoms with Crippen molar-refractivity contribution >= 4 is 16.9 Å². The molecule has 1 amide bonds. The number of nitrogens with one attached hydrogen (secondary N) is 1. The first-order chi connectivity index (χ1) is 11.6. The number of amides is 1. The van der Waals surface area contributed by atoms with Gasteiger partial charge in [0.05, 0.1) is 34.9 Å². The van der Waals surface area contributed by atoms with Crippen LogP contribution in [0, 0.1) is 11.3 Å². The van der Waals surface area contributed by atoms with Gasteiger partial charge in [-0.2, -0.15) is 0 Å². The second kappa shape index (κ2) is 5.79. The molecule has 2 aromatic rings. The van der Waals surface area contributed by atoms with Crippen LogP contribution < -0.4 is 5.32 Å². The predicted molar refractivity (Wildman–Crippen MR) is 92.3 cm³/mol. The van der Waals surface area contributed by atoms with Crippen LogP contribution in [0.1, 0.15) is 5.69 Å². The molecule has 126 valence electrons. The summed E-state index contributed by atoms with van der Waals surface area (Å²) in [4.78, 5) is 26.3. The second-order valence-corrected chi connectivity index (χ2v) is 7.19. The first kappa shape index (κ1) is 15.5. The number of para-hydroxylation sites is 2. The molecule has 3 heterocycles. The highest BCUT2D eigenvalue weighted by Gasteiger charge is 2.54. The number of likely N-dealkylation sites (tertiary alicyclic amines) is 1. The van der Waals surface area contributed by atoms with Crippen LogP contribution in [0.3, 0.4) is 0 Å². The van der Waals surface area contributed by atoms with Crippen LogP contribution in [0.5, 0.6) is 0 Å². The van der Waals surface area contributed by atoms with Gasteiger partial charge in [-0.25, -0.2) is 4.98 Å². The monoisotopic (exact) mass is 325 g/mol. The number of carbonyl (C=O) groups excluding carboxylic acids is 1. The van der Waals surface area contributed by atoms with Gasteiger partial charge in [-0.3, -0.25) is 9.78 Å². The standard InChI is InChI=1S/C18H23N5O/c1-22-9-13-7-19-11-18(13,12-22)17(24)23(2)10-14-8-20-15-5-3-4-6-16(15)21-14/h3-6,8,13,19H,7,9-12H2,1-2H3/t13-,18-/m0/s1. The summed E-state index contributed by atoms with van der Waals surface area (Å²) in [6, 6.07) is 7.81. The van der Waals surface area contributed by atoms with E-state index in [9.17, 15) is 4.79 Å². The van der Waals surface area contributed by atoms with Crippen molar-refractivity contribution in [1.82, 2.24) is 25.1 Å². The van der Waals surface area contributed by atoms with Crippen LogP contribution >= 0.6 is 0 Å². The third kappa shape index (κ3) is 2.46. The summed E-state index contributed by atoms with van der Waals surface area (Å²) in [5.41, 5.74) is 2.30. The molecule has 4 rings (SSSR count). The number of nitrogens with zero attached hydrogens (tertiary/aromatic N) is 4. The summed E-state index contributed by atoms with van der Waals surface area (Å²) >= 11 is 0. The number of hydrogen-bond acceptors (Lipinski definition) is 5. The van der Waals surface area contributed by atoms with Gasteiger partial charge < -0.3 is 15.1 Å². The molecule has 0 aliphatic carbocycles. The molecule has 6 nitrogen and oxygen atoms in total. The highest BCUT2D eigenvalue weighted by atomic mass is 16.2. The molecule has 24 heavy (non-hydrogen) atoms. The fraction of sp³-hybridized carbons (Fsp3) is 0.500. The van der Waals surface area contributed by atoms with Crippen LogP contribution in [0.25, 0.3) is 11.0 Å². The predicted octanol–water partition coefficient (Wildman–Crippen LogP) is 0.739.